The summed E-state index contributed by atoms with van der Waals surface area (Å²) in [4.78, 5) is 20.2. The Balaban J connectivity index is 1.16. The number of rotatable bonds is 7. The lowest BCUT2D eigenvalue weighted by molar-refractivity contribution is 0.102. The molecule has 1 saturated heterocycles. The molecule has 0 spiro atoms. The number of aromatic nitrogens is 5. The minimum atomic E-state index is -3.16. The van der Waals surface area contributed by atoms with Crippen LogP contribution in [0.1, 0.15) is 66.1 Å². The Hall–Kier alpha value is -3.61. The van der Waals surface area contributed by atoms with Gasteiger partial charge in [-0.25, -0.2) is 27.3 Å². The molecule has 1 amide bonds. The highest BCUT2D eigenvalue weighted by Gasteiger charge is 2.31. The number of carbonyl (C=O) groups is 1. The van der Waals surface area contributed by atoms with Gasteiger partial charge in [0.05, 0.1) is 23.8 Å². The third kappa shape index (κ3) is 6.19. The lowest BCUT2D eigenvalue weighted by atomic mass is 9.87. The Labute approximate surface area is 240 Å². The number of carbonyl (C=O) groups excluding carboxylic acids is 1. The summed E-state index contributed by atoms with van der Waals surface area (Å²) in [5.74, 6) is 0.619. The van der Waals surface area contributed by atoms with E-state index in [1.54, 1.807) is 23.0 Å². The van der Waals surface area contributed by atoms with Crippen LogP contribution in [0, 0.1) is 6.92 Å². The maximum atomic E-state index is 13.3. The molecule has 1 aliphatic carbocycles. The van der Waals surface area contributed by atoms with Gasteiger partial charge in [-0.1, -0.05) is 17.7 Å². The molecule has 3 aromatic heterocycles. The second-order valence-electron chi connectivity index (χ2n) is 11.3. The first kappa shape index (κ1) is 27.6. The van der Waals surface area contributed by atoms with Gasteiger partial charge in [-0.2, -0.15) is 10.2 Å². The molecule has 41 heavy (non-hydrogen) atoms. The Bertz CT molecular complexity index is 1630. The lowest BCUT2D eigenvalue weighted by Gasteiger charge is -2.40. The van der Waals surface area contributed by atoms with Gasteiger partial charge in [-0.15, -0.1) is 0 Å². The number of aryl methyl sites for hydroxylation is 1. The maximum Gasteiger partial charge on any atom is 0.262 e. The summed E-state index contributed by atoms with van der Waals surface area (Å²) in [5.41, 5.74) is 3.91. The fourth-order valence-electron chi connectivity index (χ4n) is 6.16. The number of sulfonamides is 1. The Morgan fingerprint density at radius 1 is 1.02 bits per heavy atom. The van der Waals surface area contributed by atoms with Gasteiger partial charge in [0.25, 0.3) is 5.91 Å². The van der Waals surface area contributed by atoms with Crippen LogP contribution in [0.5, 0.6) is 0 Å². The van der Waals surface area contributed by atoms with Crippen LogP contribution in [0.2, 0.25) is 0 Å². The molecule has 2 fully saturated rings. The van der Waals surface area contributed by atoms with E-state index in [0.29, 0.717) is 23.1 Å². The van der Waals surface area contributed by atoms with E-state index in [-0.39, 0.29) is 17.9 Å². The average molecular weight is 577 g/mol. The highest BCUT2D eigenvalue weighted by molar-refractivity contribution is 7.88. The second kappa shape index (κ2) is 11.3. The molecule has 2 N–H and O–H groups in total. The van der Waals surface area contributed by atoms with Crippen LogP contribution in [-0.2, 0) is 10.0 Å². The predicted molar refractivity (Wildman–Crippen MR) is 157 cm³/mol. The third-order valence-corrected chi connectivity index (χ3v) is 9.08. The fraction of sp³-hybridized carbons (Fsp3) is 0.448. The smallest absolute Gasteiger partial charge is 0.262 e. The van der Waals surface area contributed by atoms with Crippen molar-refractivity contribution in [2.75, 3.05) is 24.7 Å². The van der Waals surface area contributed by atoms with Crippen LogP contribution in [-0.4, -0.2) is 75.0 Å². The van der Waals surface area contributed by atoms with Crippen LogP contribution < -0.4 is 10.0 Å². The van der Waals surface area contributed by atoms with Crippen molar-refractivity contribution in [1.82, 2.24) is 34.0 Å². The van der Waals surface area contributed by atoms with Crippen molar-refractivity contribution >= 4 is 27.4 Å². The number of likely N-dealkylation sites (tertiary alicyclic amines) is 1. The number of anilines is 1. The van der Waals surface area contributed by atoms with E-state index >= 15 is 0 Å². The fourth-order valence-corrected chi connectivity index (χ4v) is 7.00. The van der Waals surface area contributed by atoms with Gasteiger partial charge in [0.1, 0.15) is 11.4 Å². The summed E-state index contributed by atoms with van der Waals surface area (Å²) >= 11 is 0. The van der Waals surface area contributed by atoms with E-state index in [9.17, 15) is 13.2 Å². The van der Waals surface area contributed by atoms with Crippen molar-refractivity contribution in [3.63, 3.8) is 0 Å². The standard InChI is InChI=1S/C29H36N8O3S/c1-20-4-8-24(9-5-20)37-27(32-29(38)25-19-31-36-15-3-14-30-28(25)36)18-26(33-37)21-12-16-35(17-13-21)23-10-6-22(7-11-23)34-41(2,39)40/h3-5,8-9,14-15,18-19,21-23,34H,6-7,10-13,16-17H2,1-2H3,(H,32,38). The first-order chi connectivity index (χ1) is 19.7. The quantitative estimate of drug-likeness (QED) is 0.345. The van der Waals surface area contributed by atoms with Gasteiger partial charge < -0.3 is 10.2 Å². The van der Waals surface area contributed by atoms with Crippen LogP contribution in [0.15, 0.2) is 55.0 Å². The average Bonchev–Trinajstić information content (AvgIpc) is 3.58. The predicted octanol–water partition coefficient (Wildman–Crippen LogP) is 3.52. The van der Waals surface area contributed by atoms with Gasteiger partial charge in [-0.3, -0.25) is 4.79 Å². The van der Waals surface area contributed by atoms with Crippen molar-refractivity contribution < 1.29 is 13.2 Å². The molecule has 4 heterocycles. The molecule has 0 atom stereocenters. The molecule has 216 valence electrons. The number of nitrogens with one attached hydrogen (secondary N) is 2. The van der Waals surface area contributed by atoms with Gasteiger partial charge in [-0.05, 0) is 76.7 Å². The first-order valence-electron chi connectivity index (χ1n) is 14.2. The minimum Gasteiger partial charge on any atom is -0.306 e. The van der Waals surface area contributed by atoms with Gasteiger partial charge in [0.2, 0.25) is 10.0 Å². The second-order valence-corrected chi connectivity index (χ2v) is 13.1. The zero-order chi connectivity index (χ0) is 28.6. The first-order valence-corrected chi connectivity index (χ1v) is 16.1. The molecular formula is C29H36N8O3S. The summed E-state index contributed by atoms with van der Waals surface area (Å²) in [7, 11) is -3.16. The molecule has 0 unspecified atom stereocenters. The molecule has 1 saturated carbocycles. The van der Waals surface area contributed by atoms with Crippen LogP contribution in [0.4, 0.5) is 5.82 Å². The molecule has 11 nitrogen and oxygen atoms in total. The van der Waals surface area contributed by atoms with Crippen molar-refractivity contribution in [2.24, 2.45) is 0 Å². The van der Waals surface area contributed by atoms with Crippen molar-refractivity contribution in [2.45, 2.75) is 63.5 Å². The Kier molecular flexibility index (Phi) is 7.62. The summed E-state index contributed by atoms with van der Waals surface area (Å²) in [6.45, 7) is 4.00. The van der Waals surface area contributed by atoms with Gasteiger partial charge in [0, 0.05) is 36.5 Å². The van der Waals surface area contributed by atoms with Crippen LogP contribution in [0.25, 0.3) is 11.3 Å². The number of benzene rings is 1. The summed E-state index contributed by atoms with van der Waals surface area (Å²) in [6, 6.07) is 12.4. The topological polar surface area (TPSA) is 127 Å². The Morgan fingerprint density at radius 2 is 1.76 bits per heavy atom. The number of piperidine rings is 1. The van der Waals surface area contributed by atoms with E-state index < -0.39 is 10.0 Å². The Morgan fingerprint density at radius 3 is 2.46 bits per heavy atom. The highest BCUT2D eigenvalue weighted by atomic mass is 32.2. The molecule has 6 rings (SSSR count). The lowest BCUT2D eigenvalue weighted by Crippen LogP contribution is -2.46. The SMILES string of the molecule is Cc1ccc(-n2nc(C3CCN(C4CCC(NS(C)(=O)=O)CC4)CC3)cc2NC(=O)c2cnn3cccnc23)cc1. The molecular weight excluding hydrogens is 540 g/mol. The van der Waals surface area contributed by atoms with E-state index in [0.717, 1.165) is 68.6 Å². The van der Waals surface area contributed by atoms with Crippen LogP contribution >= 0.6 is 0 Å². The summed E-state index contributed by atoms with van der Waals surface area (Å²) in [6.07, 6.45) is 11.9. The van der Waals surface area contributed by atoms with Crippen molar-refractivity contribution in [1.29, 1.82) is 0 Å². The third-order valence-electron chi connectivity index (χ3n) is 8.31. The molecule has 0 radical (unpaired) electrons. The molecule has 1 aliphatic heterocycles. The van der Waals surface area contributed by atoms with Crippen LogP contribution in [0.3, 0.4) is 0 Å². The zero-order valence-electron chi connectivity index (χ0n) is 23.4. The van der Waals surface area contributed by atoms with Crippen molar-refractivity contribution in [3.05, 3.63) is 71.8 Å². The normalized spacial score (nSPS) is 20.8. The highest BCUT2D eigenvalue weighted by Crippen LogP contribution is 2.33. The molecule has 1 aromatic carbocycles. The number of hydrogen-bond donors (Lipinski definition) is 2. The maximum absolute atomic E-state index is 13.3. The number of amides is 1. The number of fused-ring (bicyclic) bond motifs is 1. The number of hydrogen-bond acceptors (Lipinski definition) is 7. The summed E-state index contributed by atoms with van der Waals surface area (Å²) in [5, 5.41) is 12.3. The molecule has 2 aliphatic rings. The molecule has 4 aromatic rings. The summed E-state index contributed by atoms with van der Waals surface area (Å²) < 4.78 is 29.4. The van der Waals surface area contributed by atoms with E-state index in [2.05, 4.69) is 25.0 Å². The monoisotopic (exact) mass is 576 g/mol. The molecule has 0 bridgehead atoms. The zero-order valence-corrected chi connectivity index (χ0v) is 24.2. The van der Waals surface area contributed by atoms with E-state index in [1.807, 2.05) is 41.9 Å². The van der Waals surface area contributed by atoms with E-state index in [4.69, 9.17) is 5.10 Å². The largest absolute Gasteiger partial charge is 0.306 e. The van der Waals surface area contributed by atoms with Gasteiger partial charge >= 0.3 is 0 Å². The van der Waals surface area contributed by atoms with Crippen molar-refractivity contribution in [3.8, 4) is 5.69 Å². The number of nitrogens with zero attached hydrogens (tertiary/aromatic N) is 6. The van der Waals surface area contributed by atoms with Gasteiger partial charge in [0.15, 0.2) is 5.65 Å². The van der Waals surface area contributed by atoms with E-state index in [1.165, 1.54) is 12.5 Å². The molecule has 12 heteroatoms. The minimum absolute atomic E-state index is 0.0506.